The second kappa shape index (κ2) is 4.52. The summed E-state index contributed by atoms with van der Waals surface area (Å²) in [6, 6.07) is 1.56. The summed E-state index contributed by atoms with van der Waals surface area (Å²) in [5.41, 5.74) is 12.7. The van der Waals surface area contributed by atoms with Crippen molar-refractivity contribution in [1.29, 1.82) is 0 Å². The van der Waals surface area contributed by atoms with Gasteiger partial charge in [-0.3, -0.25) is 4.79 Å². The van der Waals surface area contributed by atoms with Gasteiger partial charge in [0.05, 0.1) is 11.4 Å². The van der Waals surface area contributed by atoms with Crippen LogP contribution in [0.3, 0.4) is 0 Å². The number of aromatic nitrogens is 4. The lowest BCUT2D eigenvalue weighted by atomic mass is 10.4. The second-order valence-electron chi connectivity index (χ2n) is 4.06. The van der Waals surface area contributed by atoms with E-state index in [4.69, 9.17) is 11.5 Å². The van der Waals surface area contributed by atoms with Gasteiger partial charge in [-0.05, 0) is 19.4 Å². The summed E-state index contributed by atoms with van der Waals surface area (Å²) in [6.07, 6.45) is 2.58. The first-order valence-electron chi connectivity index (χ1n) is 5.73. The van der Waals surface area contributed by atoms with Crippen molar-refractivity contribution in [3.05, 3.63) is 23.7 Å². The van der Waals surface area contributed by atoms with Gasteiger partial charge in [0.1, 0.15) is 5.69 Å². The molecule has 0 aliphatic heterocycles. The van der Waals surface area contributed by atoms with Crippen LogP contribution in [0.15, 0.2) is 12.3 Å². The maximum Gasteiger partial charge on any atom is 0.269 e. The fourth-order valence-electron chi connectivity index (χ4n) is 1.77. The number of carbonyl (C=O) groups is 1. The monoisotopic (exact) mass is 248 g/mol. The van der Waals surface area contributed by atoms with Crippen molar-refractivity contribution in [3.63, 3.8) is 0 Å². The van der Waals surface area contributed by atoms with E-state index in [0.717, 1.165) is 18.7 Å². The molecule has 7 heteroatoms. The lowest BCUT2D eigenvalue weighted by Crippen LogP contribution is -2.14. The normalized spacial score (nSPS) is 10.8. The molecule has 0 atom stereocenters. The zero-order valence-electron chi connectivity index (χ0n) is 10.4. The third-order valence-corrected chi connectivity index (χ3v) is 2.64. The molecule has 0 fully saturated rings. The lowest BCUT2D eigenvalue weighted by Gasteiger charge is -2.06. The number of nitrogens with zero attached hydrogens (tertiary/aromatic N) is 4. The molecule has 0 spiro atoms. The number of primary amides is 1. The number of amides is 1. The Balaban J connectivity index is 2.51. The van der Waals surface area contributed by atoms with Crippen LogP contribution in [0.25, 0.3) is 5.82 Å². The Morgan fingerprint density at radius 1 is 1.44 bits per heavy atom. The molecule has 18 heavy (non-hydrogen) atoms. The maximum atomic E-state index is 11.0. The van der Waals surface area contributed by atoms with Crippen molar-refractivity contribution in [2.45, 2.75) is 26.8 Å². The van der Waals surface area contributed by atoms with Crippen LogP contribution in [0.5, 0.6) is 0 Å². The molecule has 0 saturated heterocycles. The number of carbonyl (C=O) groups excluding carboxylic acids is 1. The molecule has 1 amide bonds. The topological polar surface area (TPSA) is 105 Å². The Labute approximate surface area is 104 Å². The molecule has 0 aromatic carbocycles. The summed E-state index contributed by atoms with van der Waals surface area (Å²) in [6.45, 7) is 4.62. The van der Waals surface area contributed by atoms with Gasteiger partial charge in [0.2, 0.25) is 0 Å². The van der Waals surface area contributed by atoms with E-state index in [9.17, 15) is 4.79 Å². The minimum Gasteiger partial charge on any atom is -0.394 e. The van der Waals surface area contributed by atoms with Gasteiger partial charge in [0.15, 0.2) is 5.82 Å². The zero-order valence-corrected chi connectivity index (χ0v) is 10.4. The van der Waals surface area contributed by atoms with Crippen LogP contribution >= 0.6 is 0 Å². The SMILES string of the molecule is CCCn1nc(C)c(N)c1-n1ccc(C(N)=O)n1. The summed E-state index contributed by atoms with van der Waals surface area (Å²) >= 11 is 0. The van der Waals surface area contributed by atoms with E-state index in [0.29, 0.717) is 11.5 Å². The van der Waals surface area contributed by atoms with Gasteiger partial charge in [-0.25, -0.2) is 9.36 Å². The first-order chi connectivity index (χ1) is 8.54. The average Bonchev–Trinajstić information content (AvgIpc) is 2.87. The zero-order chi connectivity index (χ0) is 13.3. The Morgan fingerprint density at radius 3 is 2.72 bits per heavy atom. The smallest absolute Gasteiger partial charge is 0.269 e. The van der Waals surface area contributed by atoms with E-state index in [1.165, 1.54) is 4.68 Å². The van der Waals surface area contributed by atoms with Gasteiger partial charge >= 0.3 is 0 Å². The Hall–Kier alpha value is -2.31. The van der Waals surface area contributed by atoms with Crippen molar-refractivity contribution < 1.29 is 4.79 Å². The van der Waals surface area contributed by atoms with E-state index in [-0.39, 0.29) is 5.69 Å². The quantitative estimate of drug-likeness (QED) is 0.820. The molecule has 0 saturated carbocycles. The van der Waals surface area contributed by atoms with Gasteiger partial charge in [-0.15, -0.1) is 0 Å². The summed E-state index contributed by atoms with van der Waals surface area (Å²) in [7, 11) is 0. The minimum atomic E-state index is -0.564. The van der Waals surface area contributed by atoms with E-state index in [1.807, 2.05) is 6.92 Å². The molecule has 96 valence electrons. The standard InChI is InChI=1S/C11H16N6O/c1-3-5-16-11(9(12)7(2)14-16)17-6-4-8(15-17)10(13)18/h4,6H,3,5,12H2,1-2H3,(H2,13,18). The van der Waals surface area contributed by atoms with Gasteiger partial charge in [0.25, 0.3) is 5.91 Å². The van der Waals surface area contributed by atoms with Crippen LogP contribution in [0.2, 0.25) is 0 Å². The molecule has 2 aromatic heterocycles. The maximum absolute atomic E-state index is 11.0. The molecule has 2 aromatic rings. The first-order valence-corrected chi connectivity index (χ1v) is 5.73. The van der Waals surface area contributed by atoms with Crippen LogP contribution in [0, 0.1) is 6.92 Å². The van der Waals surface area contributed by atoms with Crippen molar-refractivity contribution >= 4 is 11.6 Å². The van der Waals surface area contributed by atoms with Gasteiger partial charge in [0, 0.05) is 12.7 Å². The minimum absolute atomic E-state index is 0.205. The number of hydrogen-bond acceptors (Lipinski definition) is 4. The highest BCUT2D eigenvalue weighted by atomic mass is 16.1. The Bertz CT molecular complexity index is 582. The molecule has 0 bridgehead atoms. The first kappa shape index (κ1) is 12.2. The average molecular weight is 248 g/mol. The number of anilines is 1. The largest absolute Gasteiger partial charge is 0.394 e. The van der Waals surface area contributed by atoms with Gasteiger partial charge < -0.3 is 11.5 Å². The van der Waals surface area contributed by atoms with Crippen LogP contribution in [-0.4, -0.2) is 25.5 Å². The predicted octanol–water partition coefficient (Wildman–Crippen LogP) is 0.468. The number of hydrogen-bond donors (Lipinski definition) is 2. The summed E-state index contributed by atoms with van der Waals surface area (Å²) in [5, 5.41) is 8.44. The van der Waals surface area contributed by atoms with Crippen molar-refractivity contribution in [2.75, 3.05) is 5.73 Å². The fraction of sp³-hybridized carbons (Fsp3) is 0.364. The third-order valence-electron chi connectivity index (χ3n) is 2.64. The number of rotatable bonds is 4. The van der Waals surface area contributed by atoms with Crippen LogP contribution in [0.4, 0.5) is 5.69 Å². The molecule has 0 unspecified atom stereocenters. The molecule has 0 radical (unpaired) electrons. The number of aryl methyl sites for hydroxylation is 2. The summed E-state index contributed by atoms with van der Waals surface area (Å²) < 4.78 is 3.31. The number of nitrogen functional groups attached to an aromatic ring is 1. The van der Waals surface area contributed by atoms with Gasteiger partial charge in [-0.2, -0.15) is 10.2 Å². The van der Waals surface area contributed by atoms with Crippen molar-refractivity contribution in [3.8, 4) is 5.82 Å². The third kappa shape index (κ3) is 1.94. The van der Waals surface area contributed by atoms with E-state index in [1.54, 1.807) is 16.9 Å². The van der Waals surface area contributed by atoms with Crippen molar-refractivity contribution in [1.82, 2.24) is 19.6 Å². The Morgan fingerprint density at radius 2 is 2.17 bits per heavy atom. The molecular formula is C11H16N6O. The van der Waals surface area contributed by atoms with E-state index < -0.39 is 5.91 Å². The predicted molar refractivity (Wildman–Crippen MR) is 67.3 cm³/mol. The van der Waals surface area contributed by atoms with Crippen LogP contribution in [-0.2, 0) is 6.54 Å². The molecule has 2 rings (SSSR count). The number of nitrogens with two attached hydrogens (primary N) is 2. The lowest BCUT2D eigenvalue weighted by molar-refractivity contribution is 0.0995. The van der Waals surface area contributed by atoms with Gasteiger partial charge in [-0.1, -0.05) is 6.92 Å². The molecule has 4 N–H and O–H groups in total. The summed E-state index contributed by atoms with van der Waals surface area (Å²) in [5.74, 6) is 0.104. The highest BCUT2D eigenvalue weighted by molar-refractivity contribution is 5.90. The highest BCUT2D eigenvalue weighted by Gasteiger charge is 2.16. The molecule has 7 nitrogen and oxygen atoms in total. The second-order valence-corrected chi connectivity index (χ2v) is 4.06. The molecule has 0 aliphatic rings. The highest BCUT2D eigenvalue weighted by Crippen LogP contribution is 2.20. The Kier molecular flexibility index (Phi) is 3.05. The van der Waals surface area contributed by atoms with Crippen molar-refractivity contribution in [2.24, 2.45) is 5.73 Å². The van der Waals surface area contributed by atoms with Crippen LogP contribution < -0.4 is 11.5 Å². The summed E-state index contributed by atoms with van der Waals surface area (Å²) in [4.78, 5) is 11.0. The van der Waals surface area contributed by atoms with E-state index >= 15 is 0 Å². The molecule has 2 heterocycles. The fourth-order valence-corrected chi connectivity index (χ4v) is 1.77. The molecule has 0 aliphatic carbocycles. The molecular weight excluding hydrogens is 232 g/mol. The van der Waals surface area contributed by atoms with E-state index in [2.05, 4.69) is 17.1 Å². The van der Waals surface area contributed by atoms with Crippen LogP contribution in [0.1, 0.15) is 29.5 Å².